The highest BCUT2D eigenvalue weighted by atomic mass is 35.5. The second kappa shape index (κ2) is 10.5. The van der Waals surface area contributed by atoms with Gasteiger partial charge < -0.3 is 5.32 Å². The Hall–Kier alpha value is -3.79. The lowest BCUT2D eigenvalue weighted by Crippen LogP contribution is -2.54. The van der Waals surface area contributed by atoms with Crippen LogP contribution < -0.4 is 16.2 Å². The lowest BCUT2D eigenvalue weighted by atomic mass is 9.98. The smallest absolute Gasteiger partial charge is 0.269 e. The lowest BCUT2D eigenvalue weighted by Gasteiger charge is -2.23. The van der Waals surface area contributed by atoms with E-state index in [-0.39, 0.29) is 5.92 Å². The Morgan fingerprint density at radius 1 is 0.969 bits per heavy atom. The van der Waals surface area contributed by atoms with E-state index in [1.807, 2.05) is 13.8 Å². The predicted octanol–water partition coefficient (Wildman–Crippen LogP) is 1.92. The third-order valence-corrected chi connectivity index (χ3v) is 5.18. The van der Waals surface area contributed by atoms with Crippen LogP contribution in [0.5, 0.6) is 0 Å². The molecular weight excluding hydrogens is 434 g/mol. The van der Waals surface area contributed by atoms with Crippen LogP contribution in [0.3, 0.4) is 0 Å². The Kier molecular flexibility index (Phi) is 7.50. The number of tetrazole rings is 1. The molecule has 3 rings (SSSR count). The molecule has 0 bridgehead atoms. The number of hydrogen-bond acceptors (Lipinski definition) is 6. The Labute approximate surface area is 189 Å². The topological polar surface area (TPSA) is 131 Å². The molecule has 0 saturated heterocycles. The minimum Gasteiger partial charge on any atom is -0.340 e. The van der Waals surface area contributed by atoms with Gasteiger partial charge in [-0.1, -0.05) is 31.9 Å². The van der Waals surface area contributed by atoms with Gasteiger partial charge in [-0.05, 0) is 64.9 Å². The molecule has 3 amide bonds. The van der Waals surface area contributed by atoms with Gasteiger partial charge in [-0.25, -0.2) is 4.68 Å². The summed E-state index contributed by atoms with van der Waals surface area (Å²) in [5.41, 5.74) is 6.15. The summed E-state index contributed by atoms with van der Waals surface area (Å²) in [6, 6.07) is 12.0. The van der Waals surface area contributed by atoms with E-state index >= 15 is 0 Å². The molecule has 0 aliphatic carbocycles. The van der Waals surface area contributed by atoms with Crippen LogP contribution in [0.4, 0.5) is 0 Å². The van der Waals surface area contributed by atoms with Gasteiger partial charge in [0.15, 0.2) is 0 Å². The number of halogens is 1. The predicted molar refractivity (Wildman–Crippen MR) is 117 cm³/mol. The fourth-order valence-corrected chi connectivity index (χ4v) is 2.97. The Balaban J connectivity index is 1.61. The Bertz CT molecular complexity index is 1070. The van der Waals surface area contributed by atoms with Crippen LogP contribution in [-0.4, -0.2) is 44.0 Å². The molecule has 2 atom stereocenters. The first-order valence-electron chi connectivity index (χ1n) is 9.89. The van der Waals surface area contributed by atoms with Gasteiger partial charge in [0.05, 0.1) is 5.69 Å². The van der Waals surface area contributed by atoms with E-state index in [1.165, 1.54) is 11.0 Å². The SMILES string of the molecule is CCC(C)C(NC(=O)c1ccc(Cl)cc1)C(=O)NNC(=O)c1ccc(-n2cnnn2)cc1. The molecule has 3 aromatic rings. The maximum atomic E-state index is 12.7. The molecule has 166 valence electrons. The van der Waals surface area contributed by atoms with Crippen molar-refractivity contribution in [3.8, 4) is 5.69 Å². The van der Waals surface area contributed by atoms with E-state index in [4.69, 9.17) is 11.6 Å². The van der Waals surface area contributed by atoms with E-state index in [9.17, 15) is 14.4 Å². The largest absolute Gasteiger partial charge is 0.340 e. The normalized spacial score (nSPS) is 12.5. The second-order valence-electron chi connectivity index (χ2n) is 7.09. The minimum absolute atomic E-state index is 0.168. The number of hydrogen-bond donors (Lipinski definition) is 3. The van der Waals surface area contributed by atoms with Crippen LogP contribution in [0.25, 0.3) is 5.69 Å². The highest BCUT2D eigenvalue weighted by Crippen LogP contribution is 2.12. The number of rotatable bonds is 7. The van der Waals surface area contributed by atoms with Gasteiger partial charge in [0, 0.05) is 16.1 Å². The van der Waals surface area contributed by atoms with Crippen molar-refractivity contribution in [3.05, 3.63) is 71.0 Å². The summed E-state index contributed by atoms with van der Waals surface area (Å²) < 4.78 is 1.45. The van der Waals surface area contributed by atoms with Gasteiger partial charge in [-0.15, -0.1) is 5.10 Å². The minimum atomic E-state index is -0.842. The van der Waals surface area contributed by atoms with Crippen molar-refractivity contribution in [1.82, 2.24) is 36.4 Å². The van der Waals surface area contributed by atoms with Gasteiger partial charge in [-0.2, -0.15) is 0 Å². The van der Waals surface area contributed by atoms with Crippen molar-refractivity contribution in [2.24, 2.45) is 5.92 Å². The molecule has 2 unspecified atom stereocenters. The van der Waals surface area contributed by atoms with Crippen molar-refractivity contribution < 1.29 is 14.4 Å². The summed E-state index contributed by atoms with van der Waals surface area (Å²) in [6.45, 7) is 3.75. The van der Waals surface area contributed by atoms with Gasteiger partial charge in [-0.3, -0.25) is 25.2 Å². The zero-order valence-electron chi connectivity index (χ0n) is 17.4. The summed E-state index contributed by atoms with van der Waals surface area (Å²) in [4.78, 5) is 37.7. The first-order valence-corrected chi connectivity index (χ1v) is 10.3. The van der Waals surface area contributed by atoms with Gasteiger partial charge in [0.1, 0.15) is 12.4 Å². The molecule has 10 nitrogen and oxygen atoms in total. The summed E-state index contributed by atoms with van der Waals surface area (Å²) in [5.74, 6) is -1.61. The third-order valence-electron chi connectivity index (χ3n) is 4.93. The van der Waals surface area contributed by atoms with Gasteiger partial charge in [0.25, 0.3) is 17.7 Å². The van der Waals surface area contributed by atoms with Crippen LogP contribution in [0.2, 0.25) is 5.02 Å². The van der Waals surface area contributed by atoms with Crippen LogP contribution in [0.1, 0.15) is 41.0 Å². The summed E-state index contributed by atoms with van der Waals surface area (Å²) in [5, 5.41) is 14.1. The van der Waals surface area contributed by atoms with E-state index < -0.39 is 23.8 Å². The molecule has 11 heteroatoms. The van der Waals surface area contributed by atoms with Crippen molar-refractivity contribution in [3.63, 3.8) is 0 Å². The molecule has 1 heterocycles. The van der Waals surface area contributed by atoms with Crippen molar-refractivity contribution in [1.29, 1.82) is 0 Å². The highest BCUT2D eigenvalue weighted by Gasteiger charge is 2.26. The number of nitrogens with one attached hydrogen (secondary N) is 3. The quantitative estimate of drug-likeness (QED) is 0.466. The van der Waals surface area contributed by atoms with Crippen LogP contribution >= 0.6 is 11.6 Å². The van der Waals surface area contributed by atoms with Gasteiger partial charge in [0.2, 0.25) is 0 Å². The number of carbonyl (C=O) groups excluding carboxylic acids is 3. The number of carbonyl (C=O) groups is 3. The molecule has 0 radical (unpaired) electrons. The van der Waals surface area contributed by atoms with Crippen LogP contribution in [-0.2, 0) is 4.79 Å². The maximum Gasteiger partial charge on any atom is 0.269 e. The Morgan fingerprint density at radius 2 is 1.59 bits per heavy atom. The number of amides is 3. The molecule has 0 aliphatic heterocycles. The molecule has 32 heavy (non-hydrogen) atoms. The van der Waals surface area contributed by atoms with Crippen molar-refractivity contribution >= 4 is 29.3 Å². The number of hydrazine groups is 1. The van der Waals surface area contributed by atoms with E-state index in [2.05, 4.69) is 31.7 Å². The number of aromatic nitrogens is 4. The average Bonchev–Trinajstić information content (AvgIpc) is 3.35. The van der Waals surface area contributed by atoms with Gasteiger partial charge >= 0.3 is 0 Å². The average molecular weight is 456 g/mol. The van der Waals surface area contributed by atoms with E-state index in [0.717, 1.165) is 0 Å². The van der Waals surface area contributed by atoms with Crippen LogP contribution in [0, 0.1) is 5.92 Å². The molecule has 0 saturated carbocycles. The molecule has 3 N–H and O–H groups in total. The summed E-state index contributed by atoms with van der Waals surface area (Å²) in [7, 11) is 0. The molecular formula is C21H22ClN7O3. The van der Waals surface area contributed by atoms with Crippen LogP contribution in [0.15, 0.2) is 54.9 Å². The number of nitrogens with zero attached hydrogens (tertiary/aromatic N) is 4. The molecule has 2 aromatic carbocycles. The highest BCUT2D eigenvalue weighted by molar-refractivity contribution is 6.30. The lowest BCUT2D eigenvalue weighted by molar-refractivity contribution is -0.124. The molecule has 0 fully saturated rings. The molecule has 0 aliphatic rings. The van der Waals surface area contributed by atoms with E-state index in [1.54, 1.807) is 48.5 Å². The second-order valence-corrected chi connectivity index (χ2v) is 7.52. The van der Waals surface area contributed by atoms with E-state index in [0.29, 0.717) is 28.3 Å². The third kappa shape index (κ3) is 5.67. The maximum absolute atomic E-state index is 12.7. The zero-order chi connectivity index (χ0) is 23.1. The summed E-state index contributed by atoms with van der Waals surface area (Å²) >= 11 is 5.86. The standard InChI is InChI=1S/C21H22ClN7O3/c1-3-13(2)18(24-19(30)14-4-8-16(22)9-5-14)21(32)26-25-20(31)15-6-10-17(11-7-15)29-12-23-27-28-29/h4-13,18H,3H2,1-2H3,(H,24,30)(H,25,31)(H,26,32). The monoisotopic (exact) mass is 455 g/mol. The first kappa shape index (κ1) is 22.9. The molecule has 0 spiro atoms. The fourth-order valence-electron chi connectivity index (χ4n) is 2.84. The summed E-state index contributed by atoms with van der Waals surface area (Å²) in [6.07, 6.45) is 2.08. The van der Waals surface area contributed by atoms with Crippen molar-refractivity contribution in [2.75, 3.05) is 0 Å². The first-order chi connectivity index (χ1) is 15.4. The molecule has 1 aromatic heterocycles. The fraction of sp³-hybridized carbons (Fsp3) is 0.238. The van der Waals surface area contributed by atoms with Crippen molar-refractivity contribution in [2.45, 2.75) is 26.3 Å². The number of benzene rings is 2. The zero-order valence-corrected chi connectivity index (χ0v) is 18.2. The Morgan fingerprint density at radius 3 is 2.19 bits per heavy atom.